The molecule has 2 rings (SSSR count). The summed E-state index contributed by atoms with van der Waals surface area (Å²) < 4.78 is 0. The highest BCUT2D eigenvalue weighted by Crippen LogP contribution is 2.18. The molecule has 4 heteroatoms. The van der Waals surface area contributed by atoms with Gasteiger partial charge in [0.25, 0.3) is 0 Å². The Morgan fingerprint density at radius 2 is 2.18 bits per heavy atom. The Balaban J connectivity index is 2.16. The van der Waals surface area contributed by atoms with Crippen molar-refractivity contribution in [2.24, 2.45) is 0 Å². The van der Waals surface area contributed by atoms with Gasteiger partial charge in [-0.25, -0.2) is 0 Å². The molecule has 1 heterocycles. The van der Waals surface area contributed by atoms with E-state index in [0.717, 1.165) is 16.5 Å². The Morgan fingerprint density at radius 1 is 1.41 bits per heavy atom. The predicted molar refractivity (Wildman–Crippen MR) is 66.5 cm³/mol. The van der Waals surface area contributed by atoms with E-state index in [2.05, 4.69) is 4.98 Å². The molecular weight excluding hydrogens is 216 g/mol. The maximum Gasteiger partial charge on any atom is 0.224 e. The summed E-state index contributed by atoms with van der Waals surface area (Å²) in [6.45, 7) is 0.458. The quantitative estimate of drug-likeness (QED) is 0.839. The van der Waals surface area contributed by atoms with Crippen molar-refractivity contribution in [3.63, 3.8) is 0 Å². The Morgan fingerprint density at radius 3 is 2.94 bits per heavy atom. The minimum atomic E-state index is -0.100. The number of aromatic amines is 1. The van der Waals surface area contributed by atoms with Crippen LogP contribution in [0.2, 0.25) is 0 Å². The third-order valence-corrected chi connectivity index (χ3v) is 2.83. The topological polar surface area (TPSA) is 56.3 Å². The number of carbonyl (C=O) groups excluding carboxylic acids is 1. The van der Waals surface area contributed by atoms with E-state index in [4.69, 9.17) is 5.11 Å². The lowest BCUT2D eigenvalue weighted by Crippen LogP contribution is -2.26. The Hall–Kier alpha value is -1.81. The van der Waals surface area contributed by atoms with Gasteiger partial charge in [0.15, 0.2) is 0 Å². The third-order valence-electron chi connectivity index (χ3n) is 2.83. The first-order valence-corrected chi connectivity index (χ1v) is 5.62. The summed E-state index contributed by atoms with van der Waals surface area (Å²) in [4.78, 5) is 16.4. The average Bonchev–Trinajstić information content (AvgIpc) is 2.73. The van der Waals surface area contributed by atoms with Gasteiger partial charge in [0.05, 0.1) is 6.61 Å². The van der Waals surface area contributed by atoms with Gasteiger partial charge < -0.3 is 15.0 Å². The molecule has 0 aliphatic heterocycles. The number of hydrogen-bond donors (Lipinski definition) is 2. The lowest BCUT2D eigenvalue weighted by Gasteiger charge is -2.16. The summed E-state index contributed by atoms with van der Waals surface area (Å²) in [5, 5.41) is 9.87. The molecular formula is C13H16N2O2. The second kappa shape index (κ2) is 5.01. The van der Waals surface area contributed by atoms with Crippen molar-refractivity contribution >= 4 is 16.8 Å². The van der Waals surface area contributed by atoms with Gasteiger partial charge in [-0.1, -0.05) is 18.2 Å². The Bertz CT molecular complexity index is 519. The first kappa shape index (κ1) is 11.7. The number of H-pyrrole nitrogens is 1. The van der Waals surface area contributed by atoms with Crippen LogP contribution in [-0.2, 0) is 11.3 Å². The highest BCUT2D eigenvalue weighted by Gasteiger charge is 2.10. The van der Waals surface area contributed by atoms with E-state index in [0.29, 0.717) is 6.54 Å². The van der Waals surface area contributed by atoms with E-state index >= 15 is 0 Å². The van der Waals surface area contributed by atoms with Gasteiger partial charge in [0.2, 0.25) is 5.91 Å². The SMILES string of the molecule is CN(Cc1c[nH]c2ccccc12)C(=O)CCO. The fourth-order valence-corrected chi connectivity index (χ4v) is 1.89. The van der Waals surface area contributed by atoms with E-state index in [1.807, 2.05) is 30.5 Å². The molecule has 17 heavy (non-hydrogen) atoms. The zero-order valence-electron chi connectivity index (χ0n) is 9.81. The van der Waals surface area contributed by atoms with E-state index in [-0.39, 0.29) is 18.9 Å². The zero-order valence-corrected chi connectivity index (χ0v) is 9.81. The van der Waals surface area contributed by atoms with Crippen molar-refractivity contribution in [1.29, 1.82) is 0 Å². The number of hydrogen-bond acceptors (Lipinski definition) is 2. The molecule has 0 aliphatic rings. The van der Waals surface area contributed by atoms with Crippen molar-refractivity contribution in [3.8, 4) is 0 Å². The van der Waals surface area contributed by atoms with E-state index < -0.39 is 0 Å². The smallest absolute Gasteiger partial charge is 0.224 e. The van der Waals surface area contributed by atoms with Gasteiger partial charge >= 0.3 is 0 Å². The number of para-hydroxylation sites is 1. The van der Waals surface area contributed by atoms with Crippen LogP contribution in [0.5, 0.6) is 0 Å². The minimum absolute atomic E-state index is 0.0437. The molecule has 2 N–H and O–H groups in total. The zero-order chi connectivity index (χ0) is 12.3. The van der Waals surface area contributed by atoms with Gasteiger partial charge in [-0.05, 0) is 11.6 Å². The van der Waals surface area contributed by atoms with E-state index in [9.17, 15) is 4.79 Å². The normalized spacial score (nSPS) is 10.7. The van der Waals surface area contributed by atoms with Gasteiger partial charge in [-0.15, -0.1) is 0 Å². The first-order valence-electron chi connectivity index (χ1n) is 5.62. The minimum Gasteiger partial charge on any atom is -0.396 e. The van der Waals surface area contributed by atoms with Gasteiger partial charge in [0.1, 0.15) is 0 Å². The molecule has 0 spiro atoms. The third kappa shape index (κ3) is 2.47. The molecule has 0 bridgehead atoms. The van der Waals surface area contributed by atoms with Crippen LogP contribution in [0.4, 0.5) is 0 Å². The summed E-state index contributed by atoms with van der Waals surface area (Å²) >= 11 is 0. The second-order valence-corrected chi connectivity index (χ2v) is 4.08. The number of fused-ring (bicyclic) bond motifs is 1. The number of aliphatic hydroxyl groups is 1. The molecule has 0 atom stereocenters. The number of nitrogens with one attached hydrogen (secondary N) is 1. The molecule has 0 radical (unpaired) electrons. The molecule has 4 nitrogen and oxygen atoms in total. The number of aliphatic hydroxyl groups excluding tert-OH is 1. The molecule has 0 saturated carbocycles. The number of benzene rings is 1. The molecule has 1 aromatic heterocycles. The highest BCUT2D eigenvalue weighted by molar-refractivity contribution is 5.83. The van der Waals surface area contributed by atoms with Crippen molar-refractivity contribution in [3.05, 3.63) is 36.0 Å². The summed E-state index contributed by atoms with van der Waals surface area (Å²) in [6.07, 6.45) is 2.10. The number of carbonyl (C=O) groups is 1. The van der Waals surface area contributed by atoms with Crippen molar-refractivity contribution in [2.45, 2.75) is 13.0 Å². The lowest BCUT2D eigenvalue weighted by molar-refractivity contribution is -0.131. The van der Waals surface area contributed by atoms with Crippen LogP contribution in [0.25, 0.3) is 10.9 Å². The fourth-order valence-electron chi connectivity index (χ4n) is 1.89. The number of nitrogens with zero attached hydrogens (tertiary/aromatic N) is 1. The first-order chi connectivity index (χ1) is 8.22. The number of rotatable bonds is 4. The van der Waals surface area contributed by atoms with Crippen LogP contribution >= 0.6 is 0 Å². The number of aromatic nitrogens is 1. The van der Waals surface area contributed by atoms with Gasteiger partial charge in [-0.3, -0.25) is 4.79 Å². The van der Waals surface area contributed by atoms with Crippen molar-refractivity contribution < 1.29 is 9.90 Å². The standard InChI is InChI=1S/C13H16N2O2/c1-15(13(17)6-7-16)9-10-8-14-12-5-3-2-4-11(10)12/h2-5,8,14,16H,6-7,9H2,1H3. The number of amides is 1. The van der Waals surface area contributed by atoms with Gasteiger partial charge in [-0.2, -0.15) is 0 Å². The molecule has 1 aromatic carbocycles. The van der Waals surface area contributed by atoms with Gasteiger partial charge in [0, 0.05) is 37.1 Å². The fraction of sp³-hybridized carbons (Fsp3) is 0.308. The summed E-state index contributed by atoms with van der Waals surface area (Å²) in [5.74, 6) is -0.0437. The van der Waals surface area contributed by atoms with Crippen LogP contribution < -0.4 is 0 Å². The van der Waals surface area contributed by atoms with Crippen LogP contribution in [0.15, 0.2) is 30.5 Å². The molecule has 0 fully saturated rings. The summed E-state index contributed by atoms with van der Waals surface area (Å²) in [5.41, 5.74) is 2.17. The Labute approximate surface area is 99.9 Å². The molecule has 0 aliphatic carbocycles. The van der Waals surface area contributed by atoms with Crippen LogP contribution in [-0.4, -0.2) is 34.6 Å². The maximum absolute atomic E-state index is 11.6. The highest BCUT2D eigenvalue weighted by atomic mass is 16.3. The molecule has 2 aromatic rings. The molecule has 0 saturated heterocycles. The average molecular weight is 232 g/mol. The second-order valence-electron chi connectivity index (χ2n) is 4.08. The van der Waals surface area contributed by atoms with Crippen molar-refractivity contribution in [2.75, 3.05) is 13.7 Å². The van der Waals surface area contributed by atoms with Crippen molar-refractivity contribution in [1.82, 2.24) is 9.88 Å². The molecule has 1 amide bonds. The summed E-state index contributed by atoms with van der Waals surface area (Å²) in [6, 6.07) is 8.00. The molecule has 90 valence electrons. The van der Waals surface area contributed by atoms with E-state index in [1.54, 1.807) is 11.9 Å². The summed E-state index contributed by atoms with van der Waals surface area (Å²) in [7, 11) is 1.75. The monoisotopic (exact) mass is 232 g/mol. The largest absolute Gasteiger partial charge is 0.396 e. The Kier molecular flexibility index (Phi) is 3.44. The molecule has 0 unspecified atom stereocenters. The van der Waals surface area contributed by atoms with Crippen LogP contribution in [0, 0.1) is 0 Å². The van der Waals surface area contributed by atoms with Crippen LogP contribution in [0.1, 0.15) is 12.0 Å². The van der Waals surface area contributed by atoms with Crippen LogP contribution in [0.3, 0.4) is 0 Å². The van der Waals surface area contributed by atoms with E-state index in [1.165, 1.54) is 0 Å². The maximum atomic E-state index is 11.6. The predicted octanol–water partition coefficient (Wildman–Crippen LogP) is 1.51. The lowest BCUT2D eigenvalue weighted by atomic mass is 10.1.